The molecule has 1 aromatic rings. The van der Waals surface area contributed by atoms with E-state index in [9.17, 15) is 9.59 Å². The number of fused-ring (bicyclic) bond motifs is 2. The fraction of sp³-hybridized carbons (Fsp3) is 0.652. The molecule has 0 radical (unpaired) electrons. The van der Waals surface area contributed by atoms with Crippen LogP contribution in [0.1, 0.15) is 51.4 Å². The second kappa shape index (κ2) is 10.5. The van der Waals surface area contributed by atoms with E-state index in [1.54, 1.807) is 0 Å². The van der Waals surface area contributed by atoms with Crippen molar-refractivity contribution >= 4 is 30.0 Å². The highest BCUT2D eigenvalue weighted by Gasteiger charge is 2.42. The molecule has 0 aromatic heterocycles. The van der Waals surface area contributed by atoms with E-state index < -0.39 is 0 Å². The molecule has 3 amide bonds. The maximum absolute atomic E-state index is 13.4. The Kier molecular flexibility index (Phi) is 8.00. The summed E-state index contributed by atoms with van der Waals surface area (Å²) < 4.78 is 0. The summed E-state index contributed by atoms with van der Waals surface area (Å²) in [5.41, 5.74) is 7.19. The number of carbonyl (C=O) groups is 2. The van der Waals surface area contributed by atoms with Crippen LogP contribution in [0.2, 0.25) is 0 Å². The van der Waals surface area contributed by atoms with Crippen molar-refractivity contribution in [2.24, 2.45) is 23.5 Å². The molecule has 166 valence electrons. The van der Waals surface area contributed by atoms with Crippen molar-refractivity contribution in [3.8, 4) is 0 Å². The van der Waals surface area contributed by atoms with Crippen molar-refractivity contribution < 1.29 is 9.59 Å². The highest BCUT2D eigenvalue weighted by Crippen LogP contribution is 2.42. The largest absolute Gasteiger partial charge is 0.338 e. The van der Waals surface area contributed by atoms with E-state index in [-0.39, 0.29) is 36.4 Å². The number of benzene rings is 1. The third-order valence-electron chi connectivity index (χ3n) is 7.20. The minimum absolute atomic E-state index is 0. The molecule has 3 unspecified atom stereocenters. The van der Waals surface area contributed by atoms with Gasteiger partial charge >= 0.3 is 6.03 Å². The highest BCUT2D eigenvalue weighted by atomic mass is 35.5. The molecule has 7 heteroatoms. The molecule has 1 aromatic carbocycles. The zero-order valence-electron chi connectivity index (χ0n) is 17.6. The number of para-hydroxylation sites is 1. The van der Waals surface area contributed by atoms with E-state index >= 15 is 0 Å². The lowest BCUT2D eigenvalue weighted by Gasteiger charge is -2.46. The minimum atomic E-state index is -0.215. The van der Waals surface area contributed by atoms with Crippen molar-refractivity contribution in [3.63, 3.8) is 0 Å². The first-order chi connectivity index (χ1) is 14.1. The number of hydrogen-bond acceptors (Lipinski definition) is 3. The summed E-state index contributed by atoms with van der Waals surface area (Å²) in [6, 6.07) is 9.59. The van der Waals surface area contributed by atoms with Gasteiger partial charge in [0.2, 0.25) is 5.91 Å². The van der Waals surface area contributed by atoms with E-state index in [0.29, 0.717) is 24.3 Å². The van der Waals surface area contributed by atoms with Crippen molar-refractivity contribution in [1.82, 2.24) is 10.2 Å². The summed E-state index contributed by atoms with van der Waals surface area (Å²) in [7, 11) is 0. The third-order valence-corrected chi connectivity index (χ3v) is 7.20. The Bertz CT molecular complexity index is 702. The third kappa shape index (κ3) is 5.27. The Morgan fingerprint density at radius 1 is 1.00 bits per heavy atom. The second-order valence-corrected chi connectivity index (χ2v) is 9.08. The maximum atomic E-state index is 13.4. The average molecular weight is 435 g/mol. The van der Waals surface area contributed by atoms with Crippen molar-refractivity contribution in [2.75, 3.05) is 18.4 Å². The highest BCUT2D eigenvalue weighted by molar-refractivity contribution is 5.89. The smallest absolute Gasteiger partial charge is 0.319 e. The molecule has 2 saturated carbocycles. The lowest BCUT2D eigenvalue weighted by molar-refractivity contribution is -0.142. The van der Waals surface area contributed by atoms with Gasteiger partial charge in [0.1, 0.15) is 0 Å². The SMILES string of the molecule is Cl.NC1C2CCCC1CC(C(=O)N1CCCCC1CNC(=O)Nc1ccccc1)C2. The molecule has 0 spiro atoms. The first-order valence-corrected chi connectivity index (χ1v) is 11.3. The number of nitrogens with one attached hydrogen (secondary N) is 2. The minimum Gasteiger partial charge on any atom is -0.338 e. The summed E-state index contributed by atoms with van der Waals surface area (Å²) >= 11 is 0. The van der Waals surface area contributed by atoms with Crippen LogP contribution in [0.25, 0.3) is 0 Å². The van der Waals surface area contributed by atoms with E-state index in [4.69, 9.17) is 5.73 Å². The quantitative estimate of drug-likeness (QED) is 0.674. The number of likely N-dealkylation sites (tertiary alicyclic amines) is 1. The monoisotopic (exact) mass is 434 g/mol. The first-order valence-electron chi connectivity index (χ1n) is 11.3. The molecule has 1 heterocycles. The summed E-state index contributed by atoms with van der Waals surface area (Å²) in [5.74, 6) is 1.43. The zero-order valence-corrected chi connectivity index (χ0v) is 18.4. The fourth-order valence-electron chi connectivity index (χ4n) is 5.64. The average Bonchev–Trinajstić information content (AvgIpc) is 2.72. The van der Waals surface area contributed by atoms with Gasteiger partial charge in [0.15, 0.2) is 0 Å². The van der Waals surface area contributed by atoms with Gasteiger partial charge < -0.3 is 21.3 Å². The lowest BCUT2D eigenvalue weighted by Crippen LogP contribution is -2.54. The molecular weight excluding hydrogens is 400 g/mol. The van der Waals surface area contributed by atoms with Crippen LogP contribution in [0.3, 0.4) is 0 Å². The van der Waals surface area contributed by atoms with Crippen molar-refractivity contribution in [1.29, 1.82) is 0 Å². The molecule has 3 fully saturated rings. The number of halogens is 1. The number of urea groups is 1. The van der Waals surface area contributed by atoms with Gasteiger partial charge in [-0.3, -0.25) is 4.79 Å². The Balaban J connectivity index is 0.00000256. The predicted molar refractivity (Wildman–Crippen MR) is 122 cm³/mol. The normalized spacial score (nSPS) is 30.7. The number of nitrogens with two attached hydrogens (primary N) is 1. The van der Waals surface area contributed by atoms with Gasteiger partial charge in [-0.1, -0.05) is 24.6 Å². The molecular formula is C23H35ClN4O2. The van der Waals surface area contributed by atoms with Crippen molar-refractivity contribution in [3.05, 3.63) is 30.3 Å². The van der Waals surface area contributed by atoms with E-state index in [1.165, 1.54) is 19.3 Å². The lowest BCUT2D eigenvalue weighted by atomic mass is 9.64. The van der Waals surface area contributed by atoms with Crippen LogP contribution in [-0.4, -0.2) is 42.0 Å². The van der Waals surface area contributed by atoms with Crippen LogP contribution in [0, 0.1) is 17.8 Å². The Morgan fingerprint density at radius 3 is 2.40 bits per heavy atom. The van der Waals surface area contributed by atoms with Gasteiger partial charge in [-0.25, -0.2) is 4.79 Å². The summed E-state index contributed by atoms with van der Waals surface area (Å²) in [5, 5.41) is 5.82. The van der Waals surface area contributed by atoms with Crippen molar-refractivity contribution in [2.45, 2.75) is 63.5 Å². The molecule has 4 N–H and O–H groups in total. The molecule has 2 aliphatic carbocycles. The second-order valence-electron chi connectivity index (χ2n) is 9.08. The van der Waals surface area contributed by atoms with Gasteiger partial charge in [0, 0.05) is 36.8 Å². The first kappa shape index (κ1) is 22.9. The Labute approximate surface area is 185 Å². The molecule has 3 aliphatic rings. The predicted octanol–water partition coefficient (Wildman–Crippen LogP) is 3.76. The topological polar surface area (TPSA) is 87.5 Å². The Morgan fingerprint density at radius 2 is 1.70 bits per heavy atom. The molecule has 3 atom stereocenters. The number of carbonyl (C=O) groups excluding carboxylic acids is 2. The standard InChI is InChI=1S/C23H34N4O2.ClH/c24-21-16-7-6-8-17(21)14-18(13-16)22(28)27-12-5-4-11-20(27)15-25-23(29)26-19-9-2-1-3-10-19;/h1-3,9-10,16-18,20-21H,4-8,11-15,24H2,(H2,25,26,29);1H. The number of rotatable bonds is 4. The van der Waals surface area contributed by atoms with E-state index in [1.807, 2.05) is 30.3 Å². The van der Waals surface area contributed by atoms with Crippen LogP contribution in [0.15, 0.2) is 30.3 Å². The summed E-state index contributed by atoms with van der Waals surface area (Å²) in [6.45, 7) is 1.31. The van der Waals surface area contributed by atoms with Crippen LogP contribution in [-0.2, 0) is 4.79 Å². The number of amides is 3. The van der Waals surface area contributed by atoms with E-state index in [0.717, 1.165) is 44.3 Å². The molecule has 4 rings (SSSR count). The molecule has 1 aliphatic heterocycles. The van der Waals surface area contributed by atoms with Gasteiger partial charge in [-0.05, 0) is 68.9 Å². The van der Waals surface area contributed by atoms with Crippen LogP contribution in [0.5, 0.6) is 0 Å². The molecule has 6 nitrogen and oxygen atoms in total. The van der Waals surface area contributed by atoms with Crippen LogP contribution >= 0.6 is 12.4 Å². The summed E-state index contributed by atoms with van der Waals surface area (Å²) in [6.07, 6.45) is 8.61. The van der Waals surface area contributed by atoms with E-state index in [2.05, 4.69) is 15.5 Å². The molecule has 2 bridgehead atoms. The van der Waals surface area contributed by atoms with Gasteiger partial charge in [-0.15, -0.1) is 12.4 Å². The number of anilines is 1. The number of hydrogen-bond donors (Lipinski definition) is 3. The summed E-state index contributed by atoms with van der Waals surface area (Å²) in [4.78, 5) is 27.7. The van der Waals surface area contributed by atoms with Gasteiger partial charge in [-0.2, -0.15) is 0 Å². The number of nitrogens with zero attached hydrogens (tertiary/aromatic N) is 1. The Hall–Kier alpha value is -1.79. The maximum Gasteiger partial charge on any atom is 0.319 e. The van der Waals surface area contributed by atoms with Crippen LogP contribution < -0.4 is 16.4 Å². The molecule has 1 saturated heterocycles. The van der Waals surface area contributed by atoms with Crippen LogP contribution in [0.4, 0.5) is 10.5 Å². The fourth-order valence-corrected chi connectivity index (χ4v) is 5.64. The van der Waals surface area contributed by atoms with Gasteiger partial charge in [0.05, 0.1) is 0 Å². The number of piperidine rings is 1. The zero-order chi connectivity index (χ0) is 20.2. The molecule has 30 heavy (non-hydrogen) atoms. The van der Waals surface area contributed by atoms with Gasteiger partial charge in [0.25, 0.3) is 0 Å².